The van der Waals surface area contributed by atoms with Crippen LogP contribution in [0.1, 0.15) is 64.8 Å². The van der Waals surface area contributed by atoms with Gasteiger partial charge >= 0.3 is 0 Å². The normalized spacial score (nSPS) is 18.6. The Morgan fingerprint density at radius 1 is 1.29 bits per heavy atom. The van der Waals surface area contributed by atoms with Gasteiger partial charge in [0.2, 0.25) is 11.8 Å². The number of benzene rings is 1. The van der Waals surface area contributed by atoms with Gasteiger partial charge in [-0.3, -0.25) is 9.59 Å². The molecule has 7 heteroatoms. The van der Waals surface area contributed by atoms with Gasteiger partial charge < -0.3 is 16.0 Å². The van der Waals surface area contributed by atoms with Crippen molar-refractivity contribution in [3.63, 3.8) is 0 Å². The summed E-state index contributed by atoms with van der Waals surface area (Å²) in [6.45, 7) is 10.5. The summed E-state index contributed by atoms with van der Waals surface area (Å²) in [7, 11) is 0. The average Bonchev–Trinajstić information content (AvgIpc) is 3.41. The highest BCUT2D eigenvalue weighted by molar-refractivity contribution is 7.13. The molecule has 0 radical (unpaired) electrons. The van der Waals surface area contributed by atoms with Crippen LogP contribution < -0.4 is 11.1 Å². The number of aromatic nitrogens is 1. The van der Waals surface area contributed by atoms with Crippen molar-refractivity contribution in [2.75, 3.05) is 6.54 Å². The second-order valence-electron chi connectivity index (χ2n) is 9.37. The zero-order valence-electron chi connectivity index (χ0n) is 19.1. The number of rotatable bonds is 6. The van der Waals surface area contributed by atoms with Gasteiger partial charge in [-0.25, -0.2) is 4.98 Å². The van der Waals surface area contributed by atoms with Gasteiger partial charge in [-0.2, -0.15) is 0 Å². The van der Waals surface area contributed by atoms with Crippen molar-refractivity contribution in [1.29, 1.82) is 0 Å². The Bertz CT molecular complexity index is 916. The Hall–Kier alpha value is -2.25. The van der Waals surface area contributed by atoms with Crippen molar-refractivity contribution in [2.45, 2.75) is 72.0 Å². The summed E-state index contributed by atoms with van der Waals surface area (Å²) in [5.74, 6) is -0.252. The van der Waals surface area contributed by atoms with E-state index in [0.29, 0.717) is 13.0 Å². The number of nitrogens with one attached hydrogen (secondary N) is 1. The van der Waals surface area contributed by atoms with Gasteiger partial charge in [-0.15, -0.1) is 11.3 Å². The first kappa shape index (κ1) is 23.4. The molecule has 168 valence electrons. The maximum Gasteiger partial charge on any atom is 0.243 e. The molecule has 0 spiro atoms. The Kier molecular flexibility index (Phi) is 7.17. The number of carbonyl (C=O) groups excluding carboxylic acids is 2. The van der Waals surface area contributed by atoms with E-state index >= 15 is 0 Å². The number of nitrogens with zero attached hydrogens (tertiary/aromatic N) is 2. The third-order valence-electron chi connectivity index (χ3n) is 6.05. The van der Waals surface area contributed by atoms with Gasteiger partial charge in [0.05, 0.1) is 28.2 Å². The molecule has 0 bridgehead atoms. The van der Waals surface area contributed by atoms with E-state index < -0.39 is 12.1 Å². The third-order valence-corrected chi connectivity index (χ3v) is 6.96. The van der Waals surface area contributed by atoms with Crippen LogP contribution in [0.25, 0.3) is 10.4 Å². The fourth-order valence-corrected chi connectivity index (χ4v) is 4.81. The zero-order valence-corrected chi connectivity index (χ0v) is 20.0. The largest absolute Gasteiger partial charge is 0.348 e. The minimum Gasteiger partial charge on any atom is -0.348 e. The van der Waals surface area contributed by atoms with Crippen molar-refractivity contribution in [2.24, 2.45) is 11.1 Å². The monoisotopic (exact) mass is 442 g/mol. The topological polar surface area (TPSA) is 88.3 Å². The highest BCUT2D eigenvalue weighted by Gasteiger charge is 2.39. The summed E-state index contributed by atoms with van der Waals surface area (Å²) in [6.07, 6.45) is 2.40. The molecule has 1 aliphatic heterocycles. The fraction of sp³-hybridized carbons (Fsp3) is 0.542. The molecule has 6 nitrogen and oxygen atoms in total. The quantitative estimate of drug-likeness (QED) is 0.710. The predicted octanol–water partition coefficient (Wildman–Crippen LogP) is 3.91. The molecule has 1 aliphatic rings. The molecule has 1 fully saturated rings. The lowest BCUT2D eigenvalue weighted by molar-refractivity contribution is -0.141. The molecule has 1 aromatic carbocycles. The number of amides is 2. The van der Waals surface area contributed by atoms with Crippen molar-refractivity contribution in [3.8, 4) is 10.4 Å². The fourth-order valence-electron chi connectivity index (χ4n) is 3.92. The molecule has 31 heavy (non-hydrogen) atoms. The van der Waals surface area contributed by atoms with Gasteiger partial charge in [-0.1, -0.05) is 52.0 Å². The van der Waals surface area contributed by atoms with E-state index in [1.54, 1.807) is 16.2 Å². The summed E-state index contributed by atoms with van der Waals surface area (Å²) in [5, 5.41) is 3.09. The molecule has 2 heterocycles. The van der Waals surface area contributed by atoms with Crippen LogP contribution in [0.15, 0.2) is 29.8 Å². The van der Waals surface area contributed by atoms with Gasteiger partial charge in [0, 0.05) is 6.54 Å². The van der Waals surface area contributed by atoms with Gasteiger partial charge in [-0.05, 0) is 42.7 Å². The highest BCUT2D eigenvalue weighted by atomic mass is 32.1. The van der Waals surface area contributed by atoms with Crippen LogP contribution in [-0.2, 0) is 16.0 Å². The van der Waals surface area contributed by atoms with Crippen LogP contribution in [0.5, 0.6) is 0 Å². The van der Waals surface area contributed by atoms with E-state index in [-0.39, 0.29) is 23.3 Å². The second-order valence-corrected chi connectivity index (χ2v) is 10.2. The SMILES string of the molecule is CCc1ncsc1-c1ccc(C(C)NC(=O)C2CCCN2C(=O)C(N)C(C)(C)C)cc1. The van der Waals surface area contributed by atoms with Crippen molar-refractivity contribution >= 4 is 23.2 Å². The first-order chi connectivity index (χ1) is 14.6. The molecule has 3 atom stereocenters. The lowest BCUT2D eigenvalue weighted by Gasteiger charge is -2.33. The molecule has 3 rings (SSSR count). The number of hydrogen-bond donors (Lipinski definition) is 2. The number of nitrogens with two attached hydrogens (primary N) is 1. The number of likely N-dealkylation sites (tertiary alicyclic amines) is 1. The first-order valence-electron chi connectivity index (χ1n) is 11.0. The Balaban J connectivity index is 1.66. The summed E-state index contributed by atoms with van der Waals surface area (Å²) in [5.41, 5.74) is 11.0. The third kappa shape index (κ3) is 5.15. The van der Waals surface area contributed by atoms with E-state index in [9.17, 15) is 9.59 Å². The van der Waals surface area contributed by atoms with E-state index in [4.69, 9.17) is 5.73 Å². The van der Waals surface area contributed by atoms with Crippen LogP contribution in [0.4, 0.5) is 0 Å². The summed E-state index contributed by atoms with van der Waals surface area (Å²) in [4.78, 5) is 33.2. The van der Waals surface area contributed by atoms with E-state index in [0.717, 1.165) is 29.7 Å². The second kappa shape index (κ2) is 9.49. The van der Waals surface area contributed by atoms with E-state index in [1.807, 2.05) is 45.3 Å². The van der Waals surface area contributed by atoms with Crippen LogP contribution in [0, 0.1) is 5.41 Å². The number of hydrogen-bond acceptors (Lipinski definition) is 5. The predicted molar refractivity (Wildman–Crippen MR) is 126 cm³/mol. The standard InChI is InChI=1S/C24H34N4O2S/c1-6-18-20(31-14-26-18)17-11-9-16(10-12-17)15(2)27-22(29)19-8-7-13-28(19)23(30)21(25)24(3,4)5/h9-12,14-15,19,21H,6-8,13,25H2,1-5H3,(H,27,29). The Labute approximate surface area is 189 Å². The van der Waals surface area contributed by atoms with E-state index in [1.165, 1.54) is 4.88 Å². The minimum absolute atomic E-state index is 0.112. The van der Waals surface area contributed by atoms with Crippen LogP contribution >= 0.6 is 11.3 Å². The molecular weight excluding hydrogens is 408 g/mol. The van der Waals surface area contributed by atoms with Crippen LogP contribution in [-0.4, -0.2) is 40.3 Å². The lowest BCUT2D eigenvalue weighted by atomic mass is 9.86. The van der Waals surface area contributed by atoms with Crippen molar-refractivity contribution in [3.05, 3.63) is 41.0 Å². The van der Waals surface area contributed by atoms with Gasteiger partial charge in [0.15, 0.2) is 0 Å². The molecule has 2 aromatic rings. The maximum absolute atomic E-state index is 13.0. The number of aryl methyl sites for hydroxylation is 1. The first-order valence-corrected chi connectivity index (χ1v) is 11.9. The molecule has 3 N–H and O–H groups in total. The number of carbonyl (C=O) groups is 2. The number of thiazole rings is 1. The Morgan fingerprint density at radius 2 is 1.97 bits per heavy atom. The smallest absolute Gasteiger partial charge is 0.243 e. The van der Waals surface area contributed by atoms with Crippen LogP contribution in [0.3, 0.4) is 0 Å². The van der Waals surface area contributed by atoms with Gasteiger partial charge in [0.25, 0.3) is 0 Å². The zero-order chi connectivity index (χ0) is 22.8. The summed E-state index contributed by atoms with van der Waals surface area (Å²) < 4.78 is 0. The maximum atomic E-state index is 13.0. The van der Waals surface area contributed by atoms with Gasteiger partial charge in [0.1, 0.15) is 6.04 Å². The molecule has 1 saturated heterocycles. The molecule has 1 aromatic heterocycles. The molecule has 0 aliphatic carbocycles. The average molecular weight is 443 g/mol. The minimum atomic E-state index is -0.620. The lowest BCUT2D eigenvalue weighted by Crippen LogP contribution is -2.55. The van der Waals surface area contributed by atoms with Crippen molar-refractivity contribution in [1.82, 2.24) is 15.2 Å². The molecule has 2 amide bonds. The molecule has 0 saturated carbocycles. The van der Waals surface area contributed by atoms with Crippen molar-refractivity contribution < 1.29 is 9.59 Å². The molecular formula is C24H34N4O2S. The Morgan fingerprint density at radius 3 is 2.58 bits per heavy atom. The highest BCUT2D eigenvalue weighted by Crippen LogP contribution is 2.29. The van der Waals surface area contributed by atoms with Crippen LogP contribution in [0.2, 0.25) is 0 Å². The van der Waals surface area contributed by atoms with E-state index in [2.05, 4.69) is 29.4 Å². The molecule has 3 unspecified atom stereocenters. The summed E-state index contributed by atoms with van der Waals surface area (Å²) >= 11 is 1.65. The summed E-state index contributed by atoms with van der Waals surface area (Å²) in [6, 6.07) is 7.04.